The number of carbonyl (C=O) groups is 2. The maximum Gasteiger partial charge on any atom is 0.243 e. The van der Waals surface area contributed by atoms with Gasteiger partial charge in [0, 0.05) is 30.1 Å². The van der Waals surface area contributed by atoms with Gasteiger partial charge in [-0.2, -0.15) is 0 Å². The van der Waals surface area contributed by atoms with Crippen molar-refractivity contribution in [3.05, 3.63) is 59.1 Å². The molecule has 0 fully saturated rings. The molecule has 0 spiro atoms. The Morgan fingerprint density at radius 3 is 2.27 bits per heavy atom. The fraction of sp³-hybridized carbons (Fsp3) is 0.481. The number of para-hydroxylation sites is 2. The minimum atomic E-state index is -3.63. The number of nitrogens with zero attached hydrogens (tertiary/aromatic N) is 2. The van der Waals surface area contributed by atoms with E-state index in [1.165, 1.54) is 16.3 Å². The third-order valence-corrected chi connectivity index (χ3v) is 7.24. The molecule has 1 atom stereocenters. The third kappa shape index (κ3) is 8.93. The lowest BCUT2D eigenvalue weighted by molar-refractivity contribution is -0.142. The first kappa shape index (κ1) is 30.4. The molecule has 0 unspecified atom stereocenters. The molecular formula is C27H38ClN3O5S. The van der Waals surface area contributed by atoms with Crippen molar-refractivity contribution in [2.45, 2.75) is 65.1 Å². The van der Waals surface area contributed by atoms with Crippen molar-refractivity contribution in [2.24, 2.45) is 0 Å². The van der Waals surface area contributed by atoms with E-state index in [-0.39, 0.29) is 37.7 Å². The van der Waals surface area contributed by atoms with E-state index >= 15 is 0 Å². The van der Waals surface area contributed by atoms with Crippen molar-refractivity contribution in [3.8, 4) is 5.75 Å². The van der Waals surface area contributed by atoms with Gasteiger partial charge in [-0.25, -0.2) is 8.42 Å². The van der Waals surface area contributed by atoms with Crippen LogP contribution in [-0.2, 0) is 26.2 Å². The smallest absolute Gasteiger partial charge is 0.243 e. The van der Waals surface area contributed by atoms with Gasteiger partial charge in [0.15, 0.2) is 0 Å². The predicted octanol–water partition coefficient (Wildman–Crippen LogP) is 4.62. The molecular weight excluding hydrogens is 514 g/mol. The summed E-state index contributed by atoms with van der Waals surface area (Å²) in [7, 11) is -2.16. The molecule has 0 bridgehead atoms. The van der Waals surface area contributed by atoms with Gasteiger partial charge in [0.05, 0.1) is 19.1 Å². The Labute approximate surface area is 226 Å². The first-order valence-corrected chi connectivity index (χ1v) is 14.5. The van der Waals surface area contributed by atoms with Crippen molar-refractivity contribution in [1.29, 1.82) is 0 Å². The predicted molar refractivity (Wildman–Crippen MR) is 148 cm³/mol. The van der Waals surface area contributed by atoms with Crippen molar-refractivity contribution >= 4 is 39.1 Å². The van der Waals surface area contributed by atoms with E-state index in [9.17, 15) is 18.0 Å². The first-order chi connectivity index (χ1) is 17.3. The van der Waals surface area contributed by atoms with Crippen LogP contribution in [0.25, 0.3) is 0 Å². The largest absolute Gasteiger partial charge is 0.495 e. The molecule has 0 aliphatic rings. The number of hydrogen-bond donors (Lipinski definition) is 1. The van der Waals surface area contributed by atoms with Gasteiger partial charge in [0.1, 0.15) is 11.8 Å². The normalized spacial score (nSPS) is 12.5. The molecule has 2 aromatic rings. The van der Waals surface area contributed by atoms with Crippen molar-refractivity contribution < 1.29 is 22.7 Å². The maximum atomic E-state index is 13.5. The zero-order valence-electron chi connectivity index (χ0n) is 22.5. The molecule has 2 rings (SSSR count). The number of ether oxygens (including phenoxy) is 1. The average molecular weight is 552 g/mol. The van der Waals surface area contributed by atoms with Gasteiger partial charge in [-0.05, 0) is 57.4 Å². The maximum absolute atomic E-state index is 13.5. The number of halogens is 1. The summed E-state index contributed by atoms with van der Waals surface area (Å²) >= 11 is 6.38. The monoisotopic (exact) mass is 551 g/mol. The number of anilines is 1. The van der Waals surface area contributed by atoms with Crippen LogP contribution in [0.5, 0.6) is 5.75 Å². The molecule has 204 valence electrons. The van der Waals surface area contributed by atoms with Crippen LogP contribution in [0, 0.1) is 0 Å². The first-order valence-electron chi connectivity index (χ1n) is 12.2. The van der Waals surface area contributed by atoms with Gasteiger partial charge < -0.3 is 15.0 Å². The van der Waals surface area contributed by atoms with E-state index in [4.69, 9.17) is 16.3 Å². The Bertz CT molecular complexity index is 1180. The molecule has 2 aromatic carbocycles. The molecule has 0 saturated heterocycles. The molecule has 0 aromatic heterocycles. The Kier molecular flexibility index (Phi) is 10.8. The molecule has 10 heteroatoms. The van der Waals surface area contributed by atoms with E-state index in [0.29, 0.717) is 22.9 Å². The number of benzene rings is 2. The van der Waals surface area contributed by atoms with Crippen LogP contribution in [0.1, 0.15) is 52.5 Å². The summed E-state index contributed by atoms with van der Waals surface area (Å²) < 4.78 is 31.7. The molecule has 0 aliphatic carbocycles. The second-order valence-electron chi connectivity index (χ2n) is 9.89. The number of sulfonamides is 1. The number of carbonyl (C=O) groups excluding carboxylic acids is 2. The van der Waals surface area contributed by atoms with Crippen LogP contribution in [-0.4, -0.2) is 56.6 Å². The highest BCUT2D eigenvalue weighted by Crippen LogP contribution is 2.30. The van der Waals surface area contributed by atoms with E-state index < -0.39 is 21.6 Å². The zero-order valence-corrected chi connectivity index (χ0v) is 24.0. The van der Waals surface area contributed by atoms with Crippen LogP contribution in [0.2, 0.25) is 5.02 Å². The van der Waals surface area contributed by atoms with Gasteiger partial charge in [-0.15, -0.1) is 0 Å². The zero-order chi connectivity index (χ0) is 27.8. The Hall–Kier alpha value is -2.78. The fourth-order valence-electron chi connectivity index (χ4n) is 4.00. The van der Waals surface area contributed by atoms with Crippen molar-refractivity contribution in [3.63, 3.8) is 0 Å². The topological polar surface area (TPSA) is 96.0 Å². The highest BCUT2D eigenvalue weighted by Gasteiger charge is 2.31. The summed E-state index contributed by atoms with van der Waals surface area (Å²) in [6, 6.07) is 13.3. The second kappa shape index (κ2) is 13.1. The Morgan fingerprint density at radius 1 is 1.08 bits per heavy atom. The van der Waals surface area contributed by atoms with Gasteiger partial charge >= 0.3 is 0 Å². The van der Waals surface area contributed by atoms with E-state index in [2.05, 4.69) is 5.32 Å². The van der Waals surface area contributed by atoms with Crippen molar-refractivity contribution in [2.75, 3.05) is 24.2 Å². The summed E-state index contributed by atoms with van der Waals surface area (Å²) in [6.45, 7) is 7.75. The Morgan fingerprint density at radius 2 is 1.70 bits per heavy atom. The summed E-state index contributed by atoms with van der Waals surface area (Å²) in [5, 5.41) is 3.47. The van der Waals surface area contributed by atoms with Crippen LogP contribution in [0.3, 0.4) is 0 Å². The molecule has 37 heavy (non-hydrogen) atoms. The molecule has 8 nitrogen and oxygen atoms in total. The number of methoxy groups -OCH3 is 1. The van der Waals surface area contributed by atoms with E-state index in [0.717, 1.165) is 11.8 Å². The highest BCUT2D eigenvalue weighted by atomic mass is 35.5. The number of amides is 2. The standard InChI is InChI=1S/C27H38ClN3O5S/c1-7-22(26(33)29-27(2,3)4)30(19-20-13-8-9-14-21(20)28)25(32)17-12-18-31(37(6,34)35)23-15-10-11-16-24(23)36-5/h8-11,13-16,22H,7,12,17-19H2,1-6H3,(H,29,33)/t22-/m0/s1. The lowest BCUT2D eigenvalue weighted by atomic mass is 10.0. The summed E-state index contributed by atoms with van der Waals surface area (Å²) in [6.07, 6.45) is 1.83. The third-order valence-electron chi connectivity index (χ3n) is 5.69. The molecule has 2 amide bonds. The SMILES string of the molecule is CC[C@@H](C(=O)NC(C)(C)C)N(Cc1ccccc1Cl)C(=O)CCCN(c1ccccc1OC)S(C)(=O)=O. The minimum absolute atomic E-state index is 0.0465. The molecule has 0 radical (unpaired) electrons. The van der Waals surface area contributed by atoms with Crippen LogP contribution in [0.15, 0.2) is 48.5 Å². The second-order valence-corrected chi connectivity index (χ2v) is 12.2. The minimum Gasteiger partial charge on any atom is -0.495 e. The van der Waals surface area contributed by atoms with Crippen molar-refractivity contribution in [1.82, 2.24) is 10.2 Å². The quantitative estimate of drug-likeness (QED) is 0.415. The van der Waals surface area contributed by atoms with E-state index in [1.807, 2.05) is 39.8 Å². The number of nitrogens with one attached hydrogen (secondary N) is 1. The summed E-state index contributed by atoms with van der Waals surface area (Å²) in [4.78, 5) is 28.2. The van der Waals surface area contributed by atoms with Gasteiger partial charge in [0.2, 0.25) is 21.8 Å². The number of rotatable bonds is 12. The van der Waals surface area contributed by atoms with Crippen LogP contribution < -0.4 is 14.4 Å². The molecule has 1 N–H and O–H groups in total. The van der Waals surface area contributed by atoms with E-state index in [1.54, 1.807) is 36.4 Å². The molecule has 0 saturated carbocycles. The van der Waals surface area contributed by atoms with Crippen LogP contribution in [0.4, 0.5) is 5.69 Å². The van der Waals surface area contributed by atoms with Gasteiger partial charge in [-0.3, -0.25) is 13.9 Å². The van der Waals surface area contributed by atoms with Gasteiger partial charge in [0.25, 0.3) is 0 Å². The summed E-state index contributed by atoms with van der Waals surface area (Å²) in [5.41, 5.74) is 0.670. The summed E-state index contributed by atoms with van der Waals surface area (Å²) in [5.74, 6) is -0.0870. The van der Waals surface area contributed by atoms with Crippen LogP contribution >= 0.6 is 11.6 Å². The molecule has 0 aliphatic heterocycles. The highest BCUT2D eigenvalue weighted by molar-refractivity contribution is 7.92. The average Bonchev–Trinajstić information content (AvgIpc) is 2.80. The Balaban J connectivity index is 2.28. The van der Waals surface area contributed by atoms with Gasteiger partial charge in [-0.1, -0.05) is 48.9 Å². The molecule has 0 heterocycles. The fourth-order valence-corrected chi connectivity index (χ4v) is 5.17. The lowest BCUT2D eigenvalue weighted by Gasteiger charge is -2.33. The lowest BCUT2D eigenvalue weighted by Crippen LogP contribution is -2.53. The number of hydrogen-bond acceptors (Lipinski definition) is 5.